The summed E-state index contributed by atoms with van der Waals surface area (Å²) in [4.78, 5) is 0. The van der Waals surface area contributed by atoms with E-state index < -0.39 is 5.54 Å². The monoisotopic (exact) mass is 265 g/mol. The lowest BCUT2D eigenvalue weighted by atomic mass is 9.87. The maximum absolute atomic E-state index is 9.80. The first-order valence-electron chi connectivity index (χ1n) is 6.99. The molecular weight excluding hydrogens is 238 g/mol. The molecule has 0 aliphatic heterocycles. The molecule has 0 bridgehead atoms. The third-order valence-electron chi connectivity index (χ3n) is 3.95. The van der Waals surface area contributed by atoms with Crippen LogP contribution >= 0.6 is 0 Å². The highest BCUT2D eigenvalue weighted by Gasteiger charge is 2.30. The van der Waals surface area contributed by atoms with Crippen molar-refractivity contribution in [2.45, 2.75) is 44.8 Å². The first-order chi connectivity index (χ1) is 8.99. The molecule has 1 aromatic rings. The number of ether oxygens (including phenoxy) is 1. The van der Waals surface area contributed by atoms with E-state index in [1.165, 1.54) is 0 Å². The Bertz CT molecular complexity index is 358. The molecule has 0 fully saturated rings. The number of aliphatic hydroxyl groups is 1. The third kappa shape index (κ3) is 4.30. The fraction of sp³-hybridized carbons (Fsp3) is 0.625. The molecule has 0 aliphatic carbocycles. The van der Waals surface area contributed by atoms with Crippen molar-refractivity contribution in [2.75, 3.05) is 20.3 Å². The first kappa shape index (κ1) is 16.2. The lowest BCUT2D eigenvalue weighted by Gasteiger charge is -2.34. The van der Waals surface area contributed by atoms with Crippen molar-refractivity contribution in [3.8, 4) is 0 Å². The summed E-state index contributed by atoms with van der Waals surface area (Å²) >= 11 is 0. The van der Waals surface area contributed by atoms with Gasteiger partial charge in [0.1, 0.15) is 0 Å². The Balaban J connectivity index is 2.73. The van der Waals surface area contributed by atoms with Crippen molar-refractivity contribution in [2.24, 2.45) is 0 Å². The standard InChI is InChI=1S/C16H27NO2/c1-5-15(2,3)19-12-11-16(13-18,17-4)14-9-7-6-8-10-14/h6-10,17-18H,5,11-13H2,1-4H3. The quantitative estimate of drug-likeness (QED) is 0.759. The number of likely N-dealkylation sites (N-methyl/N-ethyl adjacent to an activating group) is 1. The van der Waals surface area contributed by atoms with Gasteiger partial charge in [0.15, 0.2) is 0 Å². The average molecular weight is 265 g/mol. The van der Waals surface area contributed by atoms with Crippen LogP contribution in [-0.2, 0) is 10.3 Å². The van der Waals surface area contributed by atoms with E-state index in [0.717, 1.165) is 18.4 Å². The molecule has 3 heteroatoms. The normalized spacial score (nSPS) is 15.2. The van der Waals surface area contributed by atoms with Gasteiger partial charge in [0.05, 0.1) is 17.7 Å². The van der Waals surface area contributed by atoms with Gasteiger partial charge in [0, 0.05) is 6.61 Å². The summed E-state index contributed by atoms with van der Waals surface area (Å²) in [7, 11) is 1.88. The van der Waals surface area contributed by atoms with E-state index in [4.69, 9.17) is 4.74 Å². The number of nitrogens with one attached hydrogen (secondary N) is 1. The average Bonchev–Trinajstić information content (AvgIpc) is 2.45. The van der Waals surface area contributed by atoms with Gasteiger partial charge in [0.25, 0.3) is 0 Å². The summed E-state index contributed by atoms with van der Waals surface area (Å²) in [5.74, 6) is 0. The zero-order chi connectivity index (χ0) is 14.4. The molecule has 1 rings (SSSR count). The zero-order valence-electron chi connectivity index (χ0n) is 12.6. The van der Waals surface area contributed by atoms with Crippen molar-refractivity contribution in [3.63, 3.8) is 0 Å². The molecule has 1 atom stereocenters. The maximum Gasteiger partial charge on any atom is 0.0688 e. The van der Waals surface area contributed by atoms with Gasteiger partial charge in [-0.05, 0) is 39.3 Å². The van der Waals surface area contributed by atoms with Crippen LogP contribution in [0.25, 0.3) is 0 Å². The van der Waals surface area contributed by atoms with E-state index >= 15 is 0 Å². The molecule has 108 valence electrons. The van der Waals surface area contributed by atoms with Crippen LogP contribution in [0, 0.1) is 0 Å². The third-order valence-corrected chi connectivity index (χ3v) is 3.95. The molecule has 0 aliphatic rings. The van der Waals surface area contributed by atoms with Gasteiger partial charge in [-0.25, -0.2) is 0 Å². The number of rotatable bonds is 8. The molecule has 0 aromatic heterocycles. The molecule has 0 saturated heterocycles. The van der Waals surface area contributed by atoms with Crippen molar-refractivity contribution in [1.82, 2.24) is 5.32 Å². The number of benzene rings is 1. The van der Waals surface area contributed by atoms with Crippen molar-refractivity contribution in [1.29, 1.82) is 0 Å². The summed E-state index contributed by atoms with van der Waals surface area (Å²) in [5.41, 5.74) is 0.564. The number of hydrogen-bond donors (Lipinski definition) is 2. The minimum atomic E-state index is -0.426. The molecule has 1 unspecified atom stereocenters. The molecule has 3 nitrogen and oxygen atoms in total. The fourth-order valence-corrected chi connectivity index (χ4v) is 2.02. The van der Waals surface area contributed by atoms with E-state index in [-0.39, 0.29) is 12.2 Å². The minimum Gasteiger partial charge on any atom is -0.394 e. The molecule has 0 radical (unpaired) electrons. The van der Waals surface area contributed by atoms with Gasteiger partial charge in [-0.2, -0.15) is 0 Å². The predicted molar refractivity (Wildman–Crippen MR) is 79.2 cm³/mol. The minimum absolute atomic E-state index is 0.0590. The Morgan fingerprint density at radius 3 is 2.32 bits per heavy atom. The Morgan fingerprint density at radius 1 is 1.21 bits per heavy atom. The summed E-state index contributed by atoms with van der Waals surface area (Å²) in [5, 5.41) is 13.1. The highest BCUT2D eigenvalue weighted by molar-refractivity contribution is 5.24. The molecule has 19 heavy (non-hydrogen) atoms. The summed E-state index contributed by atoms with van der Waals surface area (Å²) in [6.45, 7) is 6.99. The maximum atomic E-state index is 9.80. The second-order valence-electron chi connectivity index (χ2n) is 5.57. The predicted octanol–water partition coefficient (Wildman–Crippen LogP) is 2.69. The van der Waals surface area contributed by atoms with Crippen LogP contribution in [-0.4, -0.2) is 31.0 Å². The molecule has 2 N–H and O–H groups in total. The van der Waals surface area contributed by atoms with Gasteiger partial charge in [-0.3, -0.25) is 0 Å². The summed E-state index contributed by atoms with van der Waals surface area (Å²) < 4.78 is 5.91. The van der Waals surface area contributed by atoms with Gasteiger partial charge < -0.3 is 15.2 Å². The highest BCUT2D eigenvalue weighted by Crippen LogP contribution is 2.25. The van der Waals surface area contributed by atoms with Crippen LogP contribution in [0.5, 0.6) is 0 Å². The van der Waals surface area contributed by atoms with Gasteiger partial charge in [-0.1, -0.05) is 37.3 Å². The number of aliphatic hydroxyl groups excluding tert-OH is 1. The van der Waals surface area contributed by atoms with Gasteiger partial charge in [-0.15, -0.1) is 0 Å². The zero-order valence-corrected chi connectivity index (χ0v) is 12.6. The Morgan fingerprint density at radius 2 is 1.84 bits per heavy atom. The summed E-state index contributed by atoms with van der Waals surface area (Å²) in [6, 6.07) is 10.1. The molecule has 1 aromatic carbocycles. The van der Waals surface area contributed by atoms with Crippen LogP contribution in [0.15, 0.2) is 30.3 Å². The highest BCUT2D eigenvalue weighted by atomic mass is 16.5. The SMILES string of the molecule is CCC(C)(C)OCCC(CO)(NC)c1ccccc1. The van der Waals surface area contributed by atoms with E-state index in [0.29, 0.717) is 6.61 Å². The van der Waals surface area contributed by atoms with E-state index in [9.17, 15) is 5.11 Å². The topological polar surface area (TPSA) is 41.5 Å². The van der Waals surface area contributed by atoms with Gasteiger partial charge in [0.2, 0.25) is 0 Å². The van der Waals surface area contributed by atoms with Crippen LogP contribution in [0.1, 0.15) is 39.2 Å². The molecular formula is C16H27NO2. The fourth-order valence-electron chi connectivity index (χ4n) is 2.02. The van der Waals surface area contributed by atoms with Crippen LogP contribution in [0.3, 0.4) is 0 Å². The first-order valence-corrected chi connectivity index (χ1v) is 6.99. The molecule has 0 amide bonds. The van der Waals surface area contributed by atoms with Crippen molar-refractivity contribution in [3.05, 3.63) is 35.9 Å². The Hall–Kier alpha value is -0.900. The van der Waals surface area contributed by atoms with Crippen molar-refractivity contribution >= 4 is 0 Å². The second kappa shape index (κ2) is 7.04. The lowest BCUT2D eigenvalue weighted by Crippen LogP contribution is -2.45. The van der Waals surface area contributed by atoms with E-state index in [2.05, 4.69) is 26.1 Å². The summed E-state index contributed by atoms with van der Waals surface area (Å²) in [6.07, 6.45) is 1.72. The number of hydrogen-bond acceptors (Lipinski definition) is 3. The van der Waals surface area contributed by atoms with Gasteiger partial charge >= 0.3 is 0 Å². The largest absolute Gasteiger partial charge is 0.394 e. The molecule has 0 saturated carbocycles. The Kier molecular flexibility index (Phi) is 5.98. The van der Waals surface area contributed by atoms with Crippen molar-refractivity contribution < 1.29 is 9.84 Å². The molecule has 0 spiro atoms. The molecule has 0 heterocycles. The second-order valence-corrected chi connectivity index (χ2v) is 5.57. The lowest BCUT2D eigenvalue weighted by molar-refractivity contribution is -0.0335. The Labute approximate surface area is 117 Å². The van der Waals surface area contributed by atoms with Crippen LogP contribution in [0.4, 0.5) is 0 Å². The van der Waals surface area contributed by atoms with Crippen LogP contribution < -0.4 is 5.32 Å². The smallest absolute Gasteiger partial charge is 0.0688 e. The van der Waals surface area contributed by atoms with Crippen LogP contribution in [0.2, 0.25) is 0 Å². The van der Waals surface area contributed by atoms with E-state index in [1.54, 1.807) is 0 Å². The van der Waals surface area contributed by atoms with E-state index in [1.807, 2.05) is 37.4 Å².